The van der Waals surface area contributed by atoms with Crippen molar-refractivity contribution in [2.45, 2.75) is 52.7 Å². The van der Waals surface area contributed by atoms with Crippen LogP contribution in [0.25, 0.3) is 0 Å². The number of aliphatic imine (C=N–C) groups is 1. The predicted octanol–water partition coefficient (Wildman–Crippen LogP) is 3.44. The fraction of sp³-hybridized carbons (Fsp3) is 0.565. The molecule has 1 aliphatic rings. The number of aromatic nitrogens is 2. The van der Waals surface area contributed by atoms with Gasteiger partial charge in [-0.05, 0) is 25.8 Å². The number of hydrogen-bond acceptors (Lipinski definition) is 6. The molecule has 1 atom stereocenters. The highest BCUT2D eigenvalue weighted by molar-refractivity contribution is 5.97. The van der Waals surface area contributed by atoms with E-state index in [1.165, 1.54) is 0 Å². The highest BCUT2D eigenvalue weighted by atomic mass is 16.5. The van der Waals surface area contributed by atoms with Gasteiger partial charge in [0.2, 0.25) is 0 Å². The molecule has 0 bridgehead atoms. The molecule has 0 fully saturated rings. The molecule has 7 nitrogen and oxygen atoms in total. The molecule has 0 saturated heterocycles. The normalized spacial score (nSPS) is 16.7. The average Bonchev–Trinajstić information content (AvgIpc) is 2.96. The van der Waals surface area contributed by atoms with Gasteiger partial charge < -0.3 is 24.5 Å². The molecule has 0 aromatic carbocycles. The molecule has 30 heavy (non-hydrogen) atoms. The monoisotopic (exact) mass is 416 g/mol. The number of nitrogens with two attached hydrogens (primary N) is 1. The first-order valence-corrected chi connectivity index (χ1v) is 10.7. The molecule has 7 heteroatoms. The van der Waals surface area contributed by atoms with Crippen LogP contribution < -0.4 is 5.73 Å². The van der Waals surface area contributed by atoms with Crippen LogP contribution in [0.4, 0.5) is 0 Å². The van der Waals surface area contributed by atoms with Crippen LogP contribution in [0.5, 0.6) is 0 Å². The topological polar surface area (TPSA) is 83.9 Å². The number of ether oxygens (including phenoxy) is 3. The van der Waals surface area contributed by atoms with Crippen LogP contribution in [-0.4, -0.2) is 47.9 Å². The number of amidine groups is 1. The molecule has 0 aliphatic carbocycles. The minimum atomic E-state index is 0.230. The van der Waals surface area contributed by atoms with Gasteiger partial charge in [0.05, 0.1) is 24.9 Å². The van der Waals surface area contributed by atoms with E-state index >= 15 is 0 Å². The Morgan fingerprint density at radius 2 is 2.13 bits per heavy atom. The van der Waals surface area contributed by atoms with Crippen molar-refractivity contribution >= 4 is 5.84 Å². The van der Waals surface area contributed by atoms with Crippen molar-refractivity contribution in [3.63, 3.8) is 0 Å². The third-order valence-corrected chi connectivity index (χ3v) is 5.11. The van der Waals surface area contributed by atoms with Crippen LogP contribution in [-0.2, 0) is 34.3 Å². The maximum Gasteiger partial charge on any atom is 0.146 e. The number of nitrogens with zero attached hydrogens (tertiary/aromatic N) is 3. The summed E-state index contributed by atoms with van der Waals surface area (Å²) < 4.78 is 19.5. The molecule has 0 radical (unpaired) electrons. The Kier molecular flexibility index (Phi) is 9.83. The molecule has 1 aromatic rings. The third-order valence-electron chi connectivity index (χ3n) is 5.11. The van der Waals surface area contributed by atoms with Gasteiger partial charge in [-0.1, -0.05) is 31.7 Å². The van der Waals surface area contributed by atoms with E-state index in [1.807, 2.05) is 26.1 Å². The first kappa shape index (κ1) is 23.9. The fourth-order valence-corrected chi connectivity index (χ4v) is 3.12. The van der Waals surface area contributed by atoms with Crippen LogP contribution in [0.15, 0.2) is 41.1 Å². The molecule has 166 valence electrons. The summed E-state index contributed by atoms with van der Waals surface area (Å²) in [6.07, 6.45) is 8.27. The molecule has 2 heterocycles. The zero-order valence-corrected chi connectivity index (χ0v) is 18.8. The van der Waals surface area contributed by atoms with Gasteiger partial charge in [0.1, 0.15) is 36.3 Å². The lowest BCUT2D eigenvalue weighted by atomic mass is 10.1. The fourth-order valence-electron chi connectivity index (χ4n) is 3.12. The first-order valence-electron chi connectivity index (χ1n) is 10.7. The van der Waals surface area contributed by atoms with Crippen LogP contribution in [0.1, 0.15) is 50.8 Å². The molecule has 2 rings (SSSR count). The van der Waals surface area contributed by atoms with E-state index in [1.54, 1.807) is 6.08 Å². The lowest BCUT2D eigenvalue weighted by Gasteiger charge is -2.16. The molecule has 0 spiro atoms. The van der Waals surface area contributed by atoms with Crippen LogP contribution in [0.2, 0.25) is 0 Å². The standard InChI is InChI=1S/C23H36N4O3/c1-6-9-10-11-20(30-13-12-29-17(4)7-2)18-14-19-22(23(24)25-15-18)26-21(27(19)5)16-28-8-3/h6,9-10,17H,1,7-8,11-16H2,2-5H3,(H2,24,25)/b10-9-,20-18+. The second kappa shape index (κ2) is 12.3. The van der Waals surface area contributed by atoms with Crippen molar-refractivity contribution in [3.8, 4) is 0 Å². The lowest BCUT2D eigenvalue weighted by Crippen LogP contribution is -2.15. The van der Waals surface area contributed by atoms with Gasteiger partial charge in [-0.3, -0.25) is 4.99 Å². The average molecular weight is 417 g/mol. The Bertz CT molecular complexity index is 793. The second-order valence-electron chi connectivity index (χ2n) is 7.23. The van der Waals surface area contributed by atoms with Crippen molar-refractivity contribution in [3.05, 3.63) is 53.4 Å². The van der Waals surface area contributed by atoms with Gasteiger partial charge >= 0.3 is 0 Å². The summed E-state index contributed by atoms with van der Waals surface area (Å²) in [6.45, 7) is 12.5. The van der Waals surface area contributed by atoms with E-state index in [-0.39, 0.29) is 6.10 Å². The number of rotatable bonds is 12. The van der Waals surface area contributed by atoms with E-state index in [9.17, 15) is 0 Å². The Morgan fingerprint density at radius 3 is 2.83 bits per heavy atom. The Balaban J connectivity index is 2.26. The SMILES string of the molecule is C=C/C=C\C/C(OCCOC(C)CC)=C1\CN=C(N)c2nc(COCC)n(C)c2C1. The molecule has 0 saturated carbocycles. The van der Waals surface area contributed by atoms with Crippen molar-refractivity contribution in [2.75, 3.05) is 26.4 Å². The summed E-state index contributed by atoms with van der Waals surface area (Å²) in [5.74, 6) is 2.20. The zero-order valence-electron chi connectivity index (χ0n) is 18.8. The first-order chi connectivity index (χ1) is 14.5. The molecular formula is C23H36N4O3. The highest BCUT2D eigenvalue weighted by Crippen LogP contribution is 2.23. The number of imidazole rings is 1. The molecule has 1 unspecified atom stereocenters. The van der Waals surface area contributed by atoms with Gasteiger partial charge in [-0.25, -0.2) is 4.98 Å². The maximum absolute atomic E-state index is 6.23. The Hall–Kier alpha value is -2.38. The molecule has 0 amide bonds. The van der Waals surface area contributed by atoms with E-state index in [4.69, 9.17) is 19.9 Å². The highest BCUT2D eigenvalue weighted by Gasteiger charge is 2.23. The predicted molar refractivity (Wildman–Crippen MR) is 120 cm³/mol. The molecule has 1 aliphatic heterocycles. The van der Waals surface area contributed by atoms with Gasteiger partial charge in [-0.2, -0.15) is 0 Å². The summed E-state index contributed by atoms with van der Waals surface area (Å²) in [5.41, 5.74) is 9.10. The second-order valence-corrected chi connectivity index (χ2v) is 7.23. The number of allylic oxidation sites excluding steroid dienone is 3. The van der Waals surface area contributed by atoms with Crippen molar-refractivity contribution < 1.29 is 14.2 Å². The summed E-state index contributed by atoms with van der Waals surface area (Å²) in [4.78, 5) is 9.24. The quantitative estimate of drug-likeness (QED) is 0.321. The van der Waals surface area contributed by atoms with Gasteiger partial charge in [-0.15, -0.1) is 0 Å². The number of hydrogen-bond donors (Lipinski definition) is 1. The van der Waals surface area contributed by atoms with Crippen molar-refractivity contribution in [1.29, 1.82) is 0 Å². The summed E-state index contributed by atoms with van der Waals surface area (Å²) >= 11 is 0. The van der Waals surface area contributed by atoms with E-state index < -0.39 is 0 Å². The third kappa shape index (κ3) is 6.57. The number of fused-ring (bicyclic) bond motifs is 1. The summed E-state index contributed by atoms with van der Waals surface area (Å²) in [7, 11) is 1.99. The Labute approximate surface area is 180 Å². The van der Waals surface area contributed by atoms with Gasteiger partial charge in [0, 0.05) is 26.5 Å². The van der Waals surface area contributed by atoms with Crippen LogP contribution in [0, 0.1) is 0 Å². The van der Waals surface area contributed by atoms with E-state index in [0.717, 1.165) is 35.0 Å². The maximum atomic E-state index is 6.23. The smallest absolute Gasteiger partial charge is 0.146 e. The molecule has 2 N–H and O–H groups in total. The Morgan fingerprint density at radius 1 is 1.33 bits per heavy atom. The minimum Gasteiger partial charge on any atom is -0.495 e. The minimum absolute atomic E-state index is 0.230. The molecular weight excluding hydrogens is 380 g/mol. The zero-order chi connectivity index (χ0) is 21.9. The van der Waals surface area contributed by atoms with E-state index in [2.05, 4.69) is 35.0 Å². The van der Waals surface area contributed by atoms with Crippen molar-refractivity contribution in [1.82, 2.24) is 9.55 Å². The summed E-state index contributed by atoms with van der Waals surface area (Å²) in [5, 5.41) is 0. The van der Waals surface area contributed by atoms with Crippen molar-refractivity contribution in [2.24, 2.45) is 17.8 Å². The molecule has 1 aromatic heterocycles. The largest absolute Gasteiger partial charge is 0.495 e. The van der Waals surface area contributed by atoms with Crippen LogP contribution in [0.3, 0.4) is 0 Å². The lowest BCUT2D eigenvalue weighted by molar-refractivity contribution is 0.0268. The van der Waals surface area contributed by atoms with Crippen LogP contribution >= 0.6 is 0 Å². The van der Waals surface area contributed by atoms with Gasteiger partial charge in [0.25, 0.3) is 0 Å². The van der Waals surface area contributed by atoms with Gasteiger partial charge in [0.15, 0.2) is 0 Å². The summed E-state index contributed by atoms with van der Waals surface area (Å²) in [6, 6.07) is 0. The van der Waals surface area contributed by atoms with E-state index in [0.29, 0.717) is 51.6 Å².